The summed E-state index contributed by atoms with van der Waals surface area (Å²) >= 11 is 3.08. The van der Waals surface area contributed by atoms with Crippen molar-refractivity contribution in [2.45, 2.75) is 12.0 Å². The second-order valence-corrected chi connectivity index (χ2v) is 4.02. The number of aliphatic hydroxyl groups is 1. The predicted molar refractivity (Wildman–Crippen MR) is 54.8 cm³/mol. The van der Waals surface area contributed by atoms with Crippen molar-refractivity contribution in [3.8, 4) is 5.75 Å². The normalized spacial score (nSPS) is 13.9. The van der Waals surface area contributed by atoms with Crippen LogP contribution in [0.3, 0.4) is 0 Å². The molecule has 0 saturated heterocycles. The summed E-state index contributed by atoms with van der Waals surface area (Å²) in [6.07, 6.45) is 0. The molecule has 0 fully saturated rings. The number of halogens is 3. The molecule has 84 valence electrons. The molecule has 1 atom stereocenters. The van der Waals surface area contributed by atoms with Gasteiger partial charge in [0, 0.05) is 10.0 Å². The van der Waals surface area contributed by atoms with Crippen molar-refractivity contribution in [1.82, 2.24) is 0 Å². The molecule has 6 heteroatoms. The molecule has 1 aromatic carbocycles. The number of rotatable bonds is 3. The van der Waals surface area contributed by atoms with Crippen LogP contribution in [0, 0.1) is 0 Å². The number of hydrogen-bond acceptors (Lipinski definition) is 3. The number of hydrogen-bond donors (Lipinski definition) is 3. The zero-order chi connectivity index (χ0) is 11.6. The molecule has 0 amide bonds. The molecular formula is C9H10BrF2NO2. The van der Waals surface area contributed by atoms with E-state index in [1.165, 1.54) is 18.2 Å². The van der Waals surface area contributed by atoms with Gasteiger partial charge in [0.15, 0.2) is 0 Å². The maximum absolute atomic E-state index is 13.0. The summed E-state index contributed by atoms with van der Waals surface area (Å²) in [5, 5.41) is 17.8. The number of nitrogens with two attached hydrogens (primary N) is 1. The molecule has 0 heterocycles. The van der Waals surface area contributed by atoms with Gasteiger partial charge < -0.3 is 15.9 Å². The zero-order valence-corrected chi connectivity index (χ0v) is 9.21. The fourth-order valence-corrected chi connectivity index (χ4v) is 1.48. The van der Waals surface area contributed by atoms with Crippen LogP contribution in [0.1, 0.15) is 11.6 Å². The molecule has 4 N–H and O–H groups in total. The van der Waals surface area contributed by atoms with Crippen LogP contribution in [0.15, 0.2) is 22.7 Å². The second kappa shape index (κ2) is 4.42. The largest absolute Gasteiger partial charge is 0.508 e. The van der Waals surface area contributed by atoms with Crippen molar-refractivity contribution in [2.75, 3.05) is 6.61 Å². The molecule has 0 aromatic heterocycles. The first-order valence-electron chi connectivity index (χ1n) is 4.11. The highest BCUT2D eigenvalue weighted by molar-refractivity contribution is 9.10. The van der Waals surface area contributed by atoms with Gasteiger partial charge in [-0.05, 0) is 18.2 Å². The SMILES string of the molecule is N[C@H](c1cc(Br)ccc1O)C(F)(F)CO. The van der Waals surface area contributed by atoms with E-state index in [1.807, 2.05) is 0 Å². The summed E-state index contributed by atoms with van der Waals surface area (Å²) in [5.41, 5.74) is 5.15. The van der Waals surface area contributed by atoms with Gasteiger partial charge in [0.1, 0.15) is 18.4 Å². The van der Waals surface area contributed by atoms with Crippen LogP contribution in [-0.4, -0.2) is 22.7 Å². The minimum absolute atomic E-state index is 0.108. The third kappa shape index (κ3) is 2.64. The first-order chi connectivity index (χ1) is 6.88. The fraction of sp³-hybridized carbons (Fsp3) is 0.333. The Labute approximate surface area is 93.7 Å². The van der Waals surface area contributed by atoms with E-state index in [0.29, 0.717) is 4.47 Å². The van der Waals surface area contributed by atoms with Gasteiger partial charge in [0.25, 0.3) is 5.92 Å². The van der Waals surface area contributed by atoms with E-state index in [4.69, 9.17) is 10.8 Å². The number of aromatic hydroxyl groups is 1. The first kappa shape index (κ1) is 12.4. The summed E-state index contributed by atoms with van der Waals surface area (Å²) < 4.78 is 26.6. The molecule has 0 aliphatic carbocycles. The standard InChI is InChI=1S/C9H10BrF2NO2/c10-5-1-2-7(15)6(3-5)8(13)9(11,12)4-14/h1-3,8,14-15H,4,13H2/t8-/m1/s1. The second-order valence-electron chi connectivity index (χ2n) is 3.10. The van der Waals surface area contributed by atoms with E-state index in [1.54, 1.807) is 0 Å². The number of aliphatic hydroxyl groups excluding tert-OH is 1. The third-order valence-corrected chi connectivity index (χ3v) is 2.48. The molecule has 1 aromatic rings. The Morgan fingerprint density at radius 3 is 2.60 bits per heavy atom. The number of alkyl halides is 2. The zero-order valence-electron chi connectivity index (χ0n) is 7.62. The van der Waals surface area contributed by atoms with Crippen LogP contribution in [0.2, 0.25) is 0 Å². The van der Waals surface area contributed by atoms with Gasteiger partial charge >= 0.3 is 0 Å². The van der Waals surface area contributed by atoms with Crippen LogP contribution in [0.25, 0.3) is 0 Å². The summed E-state index contributed by atoms with van der Waals surface area (Å²) in [6.45, 7) is -1.36. The lowest BCUT2D eigenvalue weighted by atomic mass is 10.0. The van der Waals surface area contributed by atoms with E-state index in [0.717, 1.165) is 0 Å². The smallest absolute Gasteiger partial charge is 0.289 e. The topological polar surface area (TPSA) is 66.5 Å². The van der Waals surface area contributed by atoms with Gasteiger partial charge in [0.05, 0.1) is 0 Å². The van der Waals surface area contributed by atoms with Gasteiger partial charge in [-0.3, -0.25) is 0 Å². The molecule has 0 unspecified atom stereocenters. The summed E-state index contributed by atoms with van der Waals surface area (Å²) in [5.74, 6) is -3.78. The maximum Gasteiger partial charge on any atom is 0.289 e. The van der Waals surface area contributed by atoms with Gasteiger partial charge in [0.2, 0.25) is 0 Å². The highest BCUT2D eigenvalue weighted by atomic mass is 79.9. The maximum atomic E-state index is 13.0. The van der Waals surface area contributed by atoms with Crippen molar-refractivity contribution in [2.24, 2.45) is 5.73 Å². The Hall–Kier alpha value is -0.720. The molecule has 0 saturated carbocycles. The lowest BCUT2D eigenvalue weighted by Crippen LogP contribution is -2.36. The minimum Gasteiger partial charge on any atom is -0.508 e. The third-order valence-electron chi connectivity index (χ3n) is 1.99. The van der Waals surface area contributed by atoms with E-state index in [9.17, 15) is 13.9 Å². The summed E-state index contributed by atoms with van der Waals surface area (Å²) in [7, 11) is 0. The highest BCUT2D eigenvalue weighted by Gasteiger charge is 2.38. The van der Waals surface area contributed by atoms with Crippen LogP contribution in [0.4, 0.5) is 8.78 Å². The number of phenolic OH excluding ortho intramolecular Hbond substituents is 1. The molecule has 0 aliphatic rings. The quantitative estimate of drug-likeness (QED) is 0.791. The van der Waals surface area contributed by atoms with Gasteiger partial charge in [-0.2, -0.15) is 0 Å². The Balaban J connectivity index is 3.10. The average Bonchev–Trinajstić information content (AvgIpc) is 2.20. The highest BCUT2D eigenvalue weighted by Crippen LogP contribution is 2.35. The van der Waals surface area contributed by atoms with Crippen LogP contribution in [0.5, 0.6) is 5.75 Å². The van der Waals surface area contributed by atoms with Crippen LogP contribution < -0.4 is 5.73 Å². The van der Waals surface area contributed by atoms with Crippen LogP contribution in [-0.2, 0) is 0 Å². The molecule has 3 nitrogen and oxygen atoms in total. The predicted octanol–water partition coefficient (Wildman–Crippen LogP) is 1.78. The van der Waals surface area contributed by atoms with E-state index in [-0.39, 0.29) is 11.3 Å². The van der Waals surface area contributed by atoms with E-state index < -0.39 is 18.6 Å². The molecule has 0 aliphatic heterocycles. The average molecular weight is 282 g/mol. The number of phenols is 1. The number of benzene rings is 1. The molecular weight excluding hydrogens is 272 g/mol. The van der Waals surface area contributed by atoms with E-state index >= 15 is 0 Å². The Bertz CT molecular complexity index is 360. The van der Waals surface area contributed by atoms with E-state index in [2.05, 4.69) is 15.9 Å². The van der Waals surface area contributed by atoms with Crippen LogP contribution >= 0.6 is 15.9 Å². The fourth-order valence-electron chi connectivity index (χ4n) is 1.10. The van der Waals surface area contributed by atoms with Crippen molar-refractivity contribution >= 4 is 15.9 Å². The van der Waals surface area contributed by atoms with Crippen molar-refractivity contribution < 1.29 is 19.0 Å². The van der Waals surface area contributed by atoms with Gasteiger partial charge in [-0.25, -0.2) is 8.78 Å². The monoisotopic (exact) mass is 281 g/mol. The van der Waals surface area contributed by atoms with Gasteiger partial charge in [-0.1, -0.05) is 15.9 Å². The Morgan fingerprint density at radius 1 is 1.47 bits per heavy atom. The summed E-state index contributed by atoms with van der Waals surface area (Å²) in [6, 6.07) is 2.32. The Morgan fingerprint density at radius 2 is 2.07 bits per heavy atom. The molecule has 15 heavy (non-hydrogen) atoms. The van der Waals surface area contributed by atoms with Crippen molar-refractivity contribution in [3.05, 3.63) is 28.2 Å². The minimum atomic E-state index is -3.46. The summed E-state index contributed by atoms with van der Waals surface area (Å²) in [4.78, 5) is 0. The van der Waals surface area contributed by atoms with Crippen molar-refractivity contribution in [3.63, 3.8) is 0 Å². The van der Waals surface area contributed by atoms with Crippen molar-refractivity contribution in [1.29, 1.82) is 0 Å². The lowest BCUT2D eigenvalue weighted by Gasteiger charge is -2.22. The van der Waals surface area contributed by atoms with Gasteiger partial charge in [-0.15, -0.1) is 0 Å². The lowest BCUT2D eigenvalue weighted by molar-refractivity contribution is -0.0716. The molecule has 1 rings (SSSR count). The molecule has 0 spiro atoms. The Kier molecular flexibility index (Phi) is 3.64. The molecule has 0 radical (unpaired) electrons. The molecule has 0 bridgehead atoms. The first-order valence-corrected chi connectivity index (χ1v) is 4.90.